The van der Waals surface area contributed by atoms with Crippen LogP contribution in [-0.4, -0.2) is 40.4 Å². The highest BCUT2D eigenvalue weighted by Crippen LogP contribution is 2.67. The van der Waals surface area contributed by atoms with Crippen LogP contribution in [0.3, 0.4) is 0 Å². The van der Waals surface area contributed by atoms with Crippen molar-refractivity contribution in [2.75, 3.05) is 12.4 Å². The lowest BCUT2D eigenvalue weighted by atomic mass is 9.91. The van der Waals surface area contributed by atoms with Crippen molar-refractivity contribution in [3.8, 4) is 5.75 Å². The Labute approximate surface area is 225 Å². The molecule has 38 heavy (non-hydrogen) atoms. The molecule has 3 aromatic rings. The molecule has 2 atom stereocenters. The van der Waals surface area contributed by atoms with E-state index in [2.05, 4.69) is 55.3 Å². The molecule has 0 unspecified atom stereocenters. The molecular formula is C32H39N3O3. The number of benzene rings is 2. The van der Waals surface area contributed by atoms with Gasteiger partial charge in [-0.25, -0.2) is 0 Å². The number of ether oxygens (including phenoxy) is 1. The van der Waals surface area contributed by atoms with Crippen LogP contribution in [0.25, 0.3) is 10.9 Å². The quantitative estimate of drug-likeness (QED) is 0.358. The van der Waals surface area contributed by atoms with Gasteiger partial charge in [0.25, 0.3) is 0 Å². The predicted octanol–water partition coefficient (Wildman–Crippen LogP) is 6.56. The van der Waals surface area contributed by atoms with Crippen molar-refractivity contribution in [2.45, 2.75) is 83.2 Å². The number of carbonyl (C=O) groups excluding carboxylic acids is 2. The minimum atomic E-state index is -0.761. The highest BCUT2D eigenvalue weighted by Gasteiger charge is 2.61. The Morgan fingerprint density at radius 1 is 1.05 bits per heavy atom. The molecule has 0 saturated heterocycles. The molecule has 6 rings (SSSR count). The average molecular weight is 514 g/mol. The number of rotatable bonds is 8. The topological polar surface area (TPSA) is 74.4 Å². The van der Waals surface area contributed by atoms with E-state index in [1.54, 1.807) is 7.11 Å². The molecule has 6 heteroatoms. The number of fused-ring (bicyclic) bond motifs is 1. The number of aromatic nitrogens is 1. The Morgan fingerprint density at radius 2 is 1.74 bits per heavy atom. The minimum Gasteiger partial charge on any atom is -0.497 e. The lowest BCUT2D eigenvalue weighted by Gasteiger charge is -2.40. The molecule has 0 bridgehead atoms. The number of H-pyrrole nitrogens is 1. The molecule has 200 valence electrons. The standard InChI is InChI=1S/C32H39N3O3/c1-20-28(24-9-5-6-10-26(24)33-20)29-25(31(29,2)3)19-27(36)35(22-13-14-22)32(17-7-8-18-32)30(37)34-21-11-15-23(38-4)16-12-21/h5-6,9-12,15-16,22,25,29,33H,7-8,13-14,17-19H2,1-4H3,(H,34,37)/t25-,29+/m0/s1. The number of carbonyl (C=O) groups is 2. The fourth-order valence-corrected chi connectivity index (χ4v) is 7.27. The first-order chi connectivity index (χ1) is 18.3. The van der Waals surface area contributed by atoms with Gasteiger partial charge in [0.2, 0.25) is 11.8 Å². The maximum atomic E-state index is 14.2. The number of para-hydroxylation sites is 1. The Balaban J connectivity index is 1.25. The van der Waals surface area contributed by atoms with Crippen molar-refractivity contribution in [3.05, 3.63) is 59.8 Å². The number of aromatic amines is 1. The third-order valence-corrected chi connectivity index (χ3v) is 9.54. The van der Waals surface area contributed by atoms with Gasteiger partial charge in [-0.2, -0.15) is 0 Å². The largest absolute Gasteiger partial charge is 0.497 e. The lowest BCUT2D eigenvalue weighted by molar-refractivity contribution is -0.146. The number of hydrogen-bond acceptors (Lipinski definition) is 3. The number of nitrogens with one attached hydrogen (secondary N) is 2. The van der Waals surface area contributed by atoms with E-state index in [1.165, 1.54) is 16.6 Å². The lowest BCUT2D eigenvalue weighted by Crippen LogP contribution is -2.58. The molecule has 3 saturated carbocycles. The summed E-state index contributed by atoms with van der Waals surface area (Å²) in [7, 11) is 1.63. The van der Waals surface area contributed by atoms with Gasteiger partial charge in [0.05, 0.1) is 7.11 Å². The normalized spacial score (nSPS) is 23.3. The summed E-state index contributed by atoms with van der Waals surface area (Å²) in [5, 5.41) is 4.41. The van der Waals surface area contributed by atoms with E-state index >= 15 is 0 Å². The second kappa shape index (κ2) is 9.18. The van der Waals surface area contributed by atoms with Gasteiger partial charge in [-0.05, 0) is 85.8 Å². The fourth-order valence-electron chi connectivity index (χ4n) is 7.27. The van der Waals surface area contributed by atoms with E-state index in [0.717, 1.165) is 55.5 Å². The Hall–Kier alpha value is -3.28. The van der Waals surface area contributed by atoms with E-state index < -0.39 is 5.54 Å². The van der Waals surface area contributed by atoms with Crippen molar-refractivity contribution < 1.29 is 14.3 Å². The van der Waals surface area contributed by atoms with Gasteiger partial charge in [0.1, 0.15) is 11.3 Å². The Morgan fingerprint density at radius 3 is 2.39 bits per heavy atom. The summed E-state index contributed by atoms with van der Waals surface area (Å²) in [5.41, 5.74) is 3.73. The van der Waals surface area contributed by atoms with Crippen LogP contribution in [0.2, 0.25) is 0 Å². The SMILES string of the molecule is COc1ccc(NC(=O)C2(N(C(=O)C[C@H]3[C@H](c4c(C)[nH]c5ccccc45)C3(C)C)C3CC3)CCCC2)cc1. The molecule has 2 aromatic carbocycles. The molecule has 3 aliphatic rings. The molecule has 0 spiro atoms. The first-order valence-corrected chi connectivity index (χ1v) is 14.1. The fraction of sp³-hybridized carbons (Fsp3) is 0.500. The molecule has 6 nitrogen and oxygen atoms in total. The summed E-state index contributed by atoms with van der Waals surface area (Å²) < 4.78 is 5.26. The average Bonchev–Trinajstić information content (AvgIpc) is 3.68. The van der Waals surface area contributed by atoms with Gasteiger partial charge in [0, 0.05) is 34.7 Å². The number of aryl methyl sites for hydroxylation is 1. The Kier molecular flexibility index (Phi) is 6.04. The zero-order valence-electron chi connectivity index (χ0n) is 23.0. The first kappa shape index (κ1) is 25.0. The molecule has 1 heterocycles. The van der Waals surface area contributed by atoms with Gasteiger partial charge in [-0.3, -0.25) is 9.59 Å². The van der Waals surface area contributed by atoms with Crippen LogP contribution in [0.1, 0.15) is 76.0 Å². The number of anilines is 1. The maximum absolute atomic E-state index is 14.2. The van der Waals surface area contributed by atoms with Gasteiger partial charge >= 0.3 is 0 Å². The molecule has 2 amide bonds. The Bertz CT molecular complexity index is 1360. The monoisotopic (exact) mass is 513 g/mol. The van der Waals surface area contributed by atoms with Crippen LogP contribution >= 0.6 is 0 Å². The molecule has 0 radical (unpaired) electrons. The smallest absolute Gasteiger partial charge is 0.250 e. The maximum Gasteiger partial charge on any atom is 0.250 e. The molecule has 3 aliphatic carbocycles. The van der Waals surface area contributed by atoms with Crippen molar-refractivity contribution in [1.82, 2.24) is 9.88 Å². The zero-order chi connectivity index (χ0) is 26.7. The van der Waals surface area contributed by atoms with Crippen LogP contribution in [0, 0.1) is 18.3 Å². The van der Waals surface area contributed by atoms with Gasteiger partial charge < -0.3 is 19.9 Å². The second-order valence-corrected chi connectivity index (χ2v) is 12.2. The van der Waals surface area contributed by atoms with Gasteiger partial charge in [-0.15, -0.1) is 0 Å². The van der Waals surface area contributed by atoms with E-state index in [9.17, 15) is 9.59 Å². The van der Waals surface area contributed by atoms with E-state index in [-0.39, 0.29) is 29.2 Å². The van der Waals surface area contributed by atoms with Crippen LogP contribution in [0.5, 0.6) is 5.75 Å². The molecule has 2 N–H and O–H groups in total. The van der Waals surface area contributed by atoms with Crippen LogP contribution in [0.15, 0.2) is 48.5 Å². The van der Waals surface area contributed by atoms with Crippen LogP contribution in [-0.2, 0) is 9.59 Å². The summed E-state index contributed by atoms with van der Waals surface area (Å²) in [6.45, 7) is 6.73. The van der Waals surface area contributed by atoms with Crippen molar-refractivity contribution in [1.29, 1.82) is 0 Å². The van der Waals surface area contributed by atoms with E-state index in [1.807, 2.05) is 29.2 Å². The minimum absolute atomic E-state index is 0.0365. The van der Waals surface area contributed by atoms with Crippen LogP contribution < -0.4 is 10.1 Å². The predicted molar refractivity (Wildman–Crippen MR) is 150 cm³/mol. The second-order valence-electron chi connectivity index (χ2n) is 12.2. The number of nitrogens with zero attached hydrogens (tertiary/aromatic N) is 1. The highest BCUT2D eigenvalue weighted by molar-refractivity contribution is 6.01. The summed E-state index contributed by atoms with van der Waals surface area (Å²) >= 11 is 0. The first-order valence-electron chi connectivity index (χ1n) is 14.1. The van der Waals surface area contributed by atoms with Gasteiger partial charge in [0.15, 0.2) is 0 Å². The number of methoxy groups -OCH3 is 1. The van der Waals surface area contributed by atoms with Gasteiger partial charge in [-0.1, -0.05) is 44.9 Å². The zero-order valence-corrected chi connectivity index (χ0v) is 23.0. The third-order valence-electron chi connectivity index (χ3n) is 9.54. The summed E-state index contributed by atoms with van der Waals surface area (Å²) in [6.07, 6.45) is 5.87. The van der Waals surface area contributed by atoms with Crippen molar-refractivity contribution >= 4 is 28.4 Å². The molecule has 3 fully saturated rings. The molecular weight excluding hydrogens is 474 g/mol. The number of hydrogen-bond donors (Lipinski definition) is 2. The third kappa shape index (κ3) is 4.09. The summed E-state index contributed by atoms with van der Waals surface area (Å²) in [4.78, 5) is 33.7. The number of amides is 2. The van der Waals surface area contributed by atoms with Crippen LogP contribution in [0.4, 0.5) is 5.69 Å². The summed E-state index contributed by atoms with van der Waals surface area (Å²) in [6, 6.07) is 16.1. The van der Waals surface area contributed by atoms with E-state index in [4.69, 9.17) is 4.74 Å². The van der Waals surface area contributed by atoms with E-state index in [0.29, 0.717) is 12.3 Å². The van der Waals surface area contributed by atoms with Crippen molar-refractivity contribution in [3.63, 3.8) is 0 Å². The molecule has 0 aliphatic heterocycles. The molecule has 1 aromatic heterocycles. The highest BCUT2D eigenvalue weighted by atomic mass is 16.5. The van der Waals surface area contributed by atoms with Crippen molar-refractivity contribution in [2.24, 2.45) is 11.3 Å². The summed E-state index contributed by atoms with van der Waals surface area (Å²) in [5.74, 6) is 1.45.